The highest BCUT2D eigenvalue weighted by atomic mass is 16.5. The monoisotopic (exact) mass is 246 g/mol. The van der Waals surface area contributed by atoms with E-state index in [1.807, 2.05) is 0 Å². The van der Waals surface area contributed by atoms with E-state index in [0.717, 1.165) is 12.8 Å². The summed E-state index contributed by atoms with van der Waals surface area (Å²) in [4.78, 5) is 11.5. The fourth-order valence-corrected chi connectivity index (χ4v) is 1.78. The third-order valence-electron chi connectivity index (χ3n) is 3.00. The summed E-state index contributed by atoms with van der Waals surface area (Å²) in [5.41, 5.74) is -0.364. The molecule has 1 fully saturated rings. The molecular weight excluding hydrogens is 224 g/mol. The summed E-state index contributed by atoms with van der Waals surface area (Å²) in [5.74, 6) is -0.0821. The number of aliphatic hydroxyl groups excluding tert-OH is 1. The summed E-state index contributed by atoms with van der Waals surface area (Å²) >= 11 is 0. The van der Waals surface area contributed by atoms with Crippen LogP contribution in [0.1, 0.15) is 12.8 Å². The maximum Gasteiger partial charge on any atom is 0.234 e. The normalized spacial score (nSPS) is 18.9. The zero-order valence-corrected chi connectivity index (χ0v) is 10.3. The van der Waals surface area contributed by atoms with Gasteiger partial charge in [0.2, 0.25) is 5.91 Å². The molecule has 0 aliphatic carbocycles. The first-order chi connectivity index (χ1) is 8.22. The van der Waals surface area contributed by atoms with E-state index >= 15 is 0 Å². The van der Waals surface area contributed by atoms with Gasteiger partial charge in [-0.15, -0.1) is 0 Å². The lowest BCUT2D eigenvalue weighted by atomic mass is 9.91. The molecule has 1 rings (SSSR count). The van der Waals surface area contributed by atoms with Gasteiger partial charge in [0, 0.05) is 32.4 Å². The Morgan fingerprint density at radius 1 is 1.47 bits per heavy atom. The molecule has 0 unspecified atom stereocenters. The van der Waals surface area contributed by atoms with Crippen LogP contribution < -0.4 is 10.6 Å². The Morgan fingerprint density at radius 3 is 2.76 bits per heavy atom. The molecule has 1 saturated heterocycles. The van der Waals surface area contributed by atoms with Crippen molar-refractivity contribution in [2.45, 2.75) is 18.4 Å². The number of carbonyl (C=O) groups is 1. The molecule has 100 valence electrons. The number of ether oxygens (including phenoxy) is 2. The van der Waals surface area contributed by atoms with Crippen LogP contribution in [0.3, 0.4) is 0 Å². The SMILES string of the molecule is COCCNC(=O)CNC1(CO)CCOCC1. The van der Waals surface area contributed by atoms with Crippen molar-refractivity contribution < 1.29 is 19.4 Å². The molecule has 0 spiro atoms. The number of nitrogens with one attached hydrogen (secondary N) is 2. The lowest BCUT2D eigenvalue weighted by Gasteiger charge is -2.36. The molecule has 6 heteroatoms. The second-order valence-corrected chi connectivity index (χ2v) is 4.25. The van der Waals surface area contributed by atoms with E-state index in [2.05, 4.69) is 10.6 Å². The maximum atomic E-state index is 11.5. The van der Waals surface area contributed by atoms with E-state index in [-0.39, 0.29) is 24.6 Å². The largest absolute Gasteiger partial charge is 0.394 e. The van der Waals surface area contributed by atoms with Crippen LogP contribution in [-0.4, -0.2) is 63.2 Å². The van der Waals surface area contributed by atoms with E-state index in [0.29, 0.717) is 26.4 Å². The Balaban J connectivity index is 2.24. The van der Waals surface area contributed by atoms with E-state index in [1.165, 1.54) is 0 Å². The lowest BCUT2D eigenvalue weighted by Crippen LogP contribution is -2.55. The van der Waals surface area contributed by atoms with E-state index in [4.69, 9.17) is 9.47 Å². The third kappa shape index (κ3) is 4.99. The van der Waals surface area contributed by atoms with Gasteiger partial charge in [-0.05, 0) is 12.8 Å². The predicted molar refractivity (Wildman–Crippen MR) is 62.8 cm³/mol. The summed E-state index contributed by atoms with van der Waals surface area (Å²) in [6, 6.07) is 0. The van der Waals surface area contributed by atoms with E-state index < -0.39 is 0 Å². The van der Waals surface area contributed by atoms with Gasteiger partial charge in [0.1, 0.15) is 0 Å². The fraction of sp³-hybridized carbons (Fsp3) is 0.909. The Bertz CT molecular complexity index is 230. The van der Waals surface area contributed by atoms with Crippen LogP contribution in [0.4, 0.5) is 0 Å². The molecule has 0 saturated carbocycles. The maximum absolute atomic E-state index is 11.5. The minimum Gasteiger partial charge on any atom is -0.394 e. The Hall–Kier alpha value is -0.690. The van der Waals surface area contributed by atoms with Crippen molar-refractivity contribution in [1.82, 2.24) is 10.6 Å². The number of methoxy groups -OCH3 is 1. The highest BCUT2D eigenvalue weighted by molar-refractivity contribution is 5.78. The Morgan fingerprint density at radius 2 is 2.18 bits per heavy atom. The van der Waals surface area contributed by atoms with Crippen molar-refractivity contribution in [3.8, 4) is 0 Å². The summed E-state index contributed by atoms with van der Waals surface area (Å²) in [6.45, 7) is 2.50. The first-order valence-corrected chi connectivity index (χ1v) is 5.92. The predicted octanol–water partition coefficient (Wildman–Crippen LogP) is -1.12. The third-order valence-corrected chi connectivity index (χ3v) is 3.00. The number of carbonyl (C=O) groups excluding carboxylic acids is 1. The van der Waals surface area contributed by atoms with Gasteiger partial charge in [0.15, 0.2) is 0 Å². The highest BCUT2D eigenvalue weighted by Gasteiger charge is 2.31. The number of rotatable bonds is 7. The molecule has 0 aromatic heterocycles. The second kappa shape index (κ2) is 7.60. The first kappa shape index (κ1) is 14.4. The van der Waals surface area contributed by atoms with Crippen molar-refractivity contribution in [3.63, 3.8) is 0 Å². The standard InChI is InChI=1S/C11H22N2O4/c1-16-7-4-12-10(15)8-13-11(9-14)2-5-17-6-3-11/h13-14H,2-9H2,1H3,(H,12,15). The zero-order valence-electron chi connectivity index (χ0n) is 10.3. The molecule has 1 aliphatic rings. The van der Waals surface area contributed by atoms with Crippen molar-refractivity contribution in [1.29, 1.82) is 0 Å². The summed E-state index contributed by atoms with van der Waals surface area (Å²) in [7, 11) is 1.59. The van der Waals surface area contributed by atoms with Crippen molar-refractivity contribution in [2.75, 3.05) is 46.6 Å². The molecule has 1 aliphatic heterocycles. The van der Waals surface area contributed by atoms with Crippen molar-refractivity contribution in [2.24, 2.45) is 0 Å². The van der Waals surface area contributed by atoms with Crippen LogP contribution in [-0.2, 0) is 14.3 Å². The molecule has 17 heavy (non-hydrogen) atoms. The fourth-order valence-electron chi connectivity index (χ4n) is 1.78. The van der Waals surface area contributed by atoms with Crippen LogP contribution in [0.15, 0.2) is 0 Å². The molecule has 0 radical (unpaired) electrons. The van der Waals surface area contributed by atoms with Gasteiger partial charge in [-0.25, -0.2) is 0 Å². The lowest BCUT2D eigenvalue weighted by molar-refractivity contribution is -0.121. The van der Waals surface area contributed by atoms with Gasteiger partial charge in [-0.2, -0.15) is 0 Å². The molecule has 0 bridgehead atoms. The Labute approximate surface area is 102 Å². The summed E-state index contributed by atoms with van der Waals surface area (Å²) < 4.78 is 10.1. The average molecular weight is 246 g/mol. The molecular formula is C11H22N2O4. The quantitative estimate of drug-likeness (QED) is 0.496. The van der Waals surface area contributed by atoms with Crippen LogP contribution in [0.25, 0.3) is 0 Å². The number of aliphatic hydroxyl groups is 1. The molecule has 0 aromatic rings. The number of hydrogen-bond acceptors (Lipinski definition) is 5. The van der Waals surface area contributed by atoms with Gasteiger partial charge < -0.3 is 25.2 Å². The second-order valence-electron chi connectivity index (χ2n) is 4.25. The molecule has 1 amide bonds. The average Bonchev–Trinajstić information content (AvgIpc) is 2.38. The van der Waals surface area contributed by atoms with Crippen LogP contribution in [0.2, 0.25) is 0 Å². The summed E-state index contributed by atoms with van der Waals surface area (Å²) in [6.07, 6.45) is 1.46. The first-order valence-electron chi connectivity index (χ1n) is 5.92. The van der Waals surface area contributed by atoms with Gasteiger partial charge in [-0.3, -0.25) is 4.79 Å². The van der Waals surface area contributed by atoms with Gasteiger partial charge in [0.05, 0.1) is 19.8 Å². The summed E-state index contributed by atoms with van der Waals surface area (Å²) in [5, 5.41) is 15.3. The van der Waals surface area contributed by atoms with Crippen LogP contribution in [0, 0.1) is 0 Å². The van der Waals surface area contributed by atoms with E-state index in [9.17, 15) is 9.90 Å². The number of hydrogen-bond donors (Lipinski definition) is 3. The molecule has 0 atom stereocenters. The van der Waals surface area contributed by atoms with Gasteiger partial charge in [0.25, 0.3) is 0 Å². The number of amides is 1. The van der Waals surface area contributed by atoms with Crippen LogP contribution in [0.5, 0.6) is 0 Å². The zero-order chi connectivity index (χ0) is 12.6. The molecule has 0 aromatic carbocycles. The van der Waals surface area contributed by atoms with E-state index in [1.54, 1.807) is 7.11 Å². The molecule has 3 N–H and O–H groups in total. The molecule has 1 heterocycles. The minimum atomic E-state index is -0.364. The van der Waals surface area contributed by atoms with Gasteiger partial charge in [-0.1, -0.05) is 0 Å². The topological polar surface area (TPSA) is 79.8 Å². The highest BCUT2D eigenvalue weighted by Crippen LogP contribution is 2.19. The van der Waals surface area contributed by atoms with Crippen molar-refractivity contribution in [3.05, 3.63) is 0 Å². The molecule has 6 nitrogen and oxygen atoms in total. The van der Waals surface area contributed by atoms with Gasteiger partial charge >= 0.3 is 0 Å². The smallest absolute Gasteiger partial charge is 0.234 e. The Kier molecular flexibility index (Phi) is 6.43. The van der Waals surface area contributed by atoms with Crippen LogP contribution >= 0.6 is 0 Å². The van der Waals surface area contributed by atoms with Crippen molar-refractivity contribution >= 4 is 5.91 Å². The minimum absolute atomic E-state index is 0.0295.